The number of hydrogen-bond acceptors (Lipinski definition) is 4. The van der Waals surface area contributed by atoms with Crippen molar-refractivity contribution in [3.8, 4) is 0 Å². The summed E-state index contributed by atoms with van der Waals surface area (Å²) in [4.78, 5) is 4.55. The van der Waals surface area contributed by atoms with Crippen LogP contribution in [0.25, 0.3) is 0 Å². The average molecular weight is 308 g/mol. The van der Waals surface area contributed by atoms with Gasteiger partial charge >= 0.3 is 0 Å². The van der Waals surface area contributed by atoms with Crippen LogP contribution in [-0.2, 0) is 17.8 Å². The number of guanidine groups is 1. The minimum absolute atomic E-state index is 0.529. The predicted octanol–water partition coefficient (Wildman–Crippen LogP) is 1.17. The summed E-state index contributed by atoms with van der Waals surface area (Å²) in [5.41, 5.74) is 0. The predicted molar refractivity (Wildman–Crippen MR) is 86.7 cm³/mol. The molecule has 0 saturated heterocycles. The molecule has 0 aliphatic heterocycles. The summed E-state index contributed by atoms with van der Waals surface area (Å²) in [5, 5.41) is 14.6. The van der Waals surface area contributed by atoms with Gasteiger partial charge in [0.15, 0.2) is 11.8 Å². The third-order valence-corrected chi connectivity index (χ3v) is 3.57. The fourth-order valence-corrected chi connectivity index (χ4v) is 2.07. The lowest BCUT2D eigenvalue weighted by atomic mass is 10.4. The lowest BCUT2D eigenvalue weighted by Crippen LogP contribution is -2.38. The molecule has 1 aliphatic rings. The summed E-state index contributed by atoms with van der Waals surface area (Å²) in [5.74, 6) is 2.53. The fourth-order valence-electron chi connectivity index (χ4n) is 2.07. The molecule has 124 valence electrons. The van der Waals surface area contributed by atoms with Gasteiger partial charge in [0, 0.05) is 32.8 Å². The molecule has 1 saturated carbocycles. The number of nitrogens with one attached hydrogen (secondary N) is 2. The van der Waals surface area contributed by atoms with Crippen molar-refractivity contribution in [2.75, 3.05) is 26.3 Å². The number of rotatable bonds is 10. The maximum Gasteiger partial charge on any atom is 0.191 e. The summed E-state index contributed by atoms with van der Waals surface area (Å²) in [7, 11) is 0. The molecule has 0 bridgehead atoms. The van der Waals surface area contributed by atoms with E-state index in [0.29, 0.717) is 6.54 Å². The van der Waals surface area contributed by atoms with E-state index in [2.05, 4.69) is 39.7 Å². The average Bonchev–Trinajstić information content (AvgIpc) is 3.24. The highest BCUT2D eigenvalue weighted by Crippen LogP contribution is 2.28. The molecular formula is C15H28N6O. The molecule has 0 radical (unpaired) electrons. The normalized spacial score (nSPS) is 15.1. The molecule has 0 spiro atoms. The van der Waals surface area contributed by atoms with Gasteiger partial charge in [-0.15, -0.1) is 10.2 Å². The van der Waals surface area contributed by atoms with Crippen LogP contribution in [0.5, 0.6) is 0 Å². The van der Waals surface area contributed by atoms with Gasteiger partial charge in [0.25, 0.3) is 0 Å². The smallest absolute Gasteiger partial charge is 0.191 e. The van der Waals surface area contributed by atoms with Crippen LogP contribution < -0.4 is 10.6 Å². The van der Waals surface area contributed by atoms with E-state index in [4.69, 9.17) is 4.74 Å². The van der Waals surface area contributed by atoms with Crippen molar-refractivity contribution < 1.29 is 4.74 Å². The van der Waals surface area contributed by atoms with E-state index in [1.807, 2.05) is 4.57 Å². The van der Waals surface area contributed by atoms with E-state index < -0.39 is 0 Å². The van der Waals surface area contributed by atoms with E-state index in [0.717, 1.165) is 57.0 Å². The molecule has 2 N–H and O–H groups in total. The Hall–Kier alpha value is -1.63. The van der Waals surface area contributed by atoms with Crippen LogP contribution in [0.15, 0.2) is 11.3 Å². The second-order valence-corrected chi connectivity index (χ2v) is 5.53. The van der Waals surface area contributed by atoms with Gasteiger partial charge in [-0.1, -0.05) is 0 Å². The maximum absolute atomic E-state index is 5.63. The fraction of sp³-hybridized carbons (Fsp3) is 0.800. The standard InChI is InChI=1S/C15H28N6O/c1-3-16-15(17-8-5-9-22-11-13-6-7-13)18-10-14-20-19-12-21(14)4-2/h12-13H,3-11H2,1-2H3,(H2,16,17,18). The van der Waals surface area contributed by atoms with Crippen molar-refractivity contribution in [1.29, 1.82) is 0 Å². The third kappa shape index (κ3) is 6.01. The highest BCUT2D eigenvalue weighted by atomic mass is 16.5. The number of aromatic nitrogens is 3. The van der Waals surface area contributed by atoms with Gasteiger partial charge in [-0.25, -0.2) is 4.99 Å². The van der Waals surface area contributed by atoms with E-state index in [9.17, 15) is 0 Å². The summed E-state index contributed by atoms with van der Waals surface area (Å²) < 4.78 is 7.63. The second-order valence-electron chi connectivity index (χ2n) is 5.53. The van der Waals surface area contributed by atoms with E-state index in [1.165, 1.54) is 12.8 Å². The zero-order chi connectivity index (χ0) is 15.6. The molecule has 7 heteroatoms. The largest absolute Gasteiger partial charge is 0.381 e. The highest BCUT2D eigenvalue weighted by molar-refractivity contribution is 5.79. The summed E-state index contributed by atoms with van der Waals surface area (Å²) in [6, 6.07) is 0. The minimum atomic E-state index is 0.529. The number of aliphatic imine (C=N–C) groups is 1. The Morgan fingerprint density at radius 2 is 2.27 bits per heavy atom. The second kappa shape index (κ2) is 9.40. The zero-order valence-electron chi connectivity index (χ0n) is 13.7. The first-order chi connectivity index (χ1) is 10.8. The molecule has 1 aromatic rings. The Balaban J connectivity index is 1.67. The molecule has 0 amide bonds. The molecule has 0 unspecified atom stereocenters. The van der Waals surface area contributed by atoms with Crippen LogP contribution in [-0.4, -0.2) is 47.0 Å². The molecule has 7 nitrogen and oxygen atoms in total. The first kappa shape index (κ1) is 16.7. The lowest BCUT2D eigenvalue weighted by molar-refractivity contribution is 0.123. The SMILES string of the molecule is CCNC(=NCc1nncn1CC)NCCCOCC1CC1. The molecule has 1 aromatic heterocycles. The molecular weight excluding hydrogens is 280 g/mol. The molecule has 1 heterocycles. The van der Waals surface area contributed by atoms with Crippen molar-refractivity contribution in [3.63, 3.8) is 0 Å². The third-order valence-electron chi connectivity index (χ3n) is 3.57. The van der Waals surface area contributed by atoms with Crippen molar-refractivity contribution in [2.45, 2.75) is 46.2 Å². The van der Waals surface area contributed by atoms with Crippen LogP contribution >= 0.6 is 0 Å². The molecule has 0 aromatic carbocycles. The quantitative estimate of drug-likeness (QED) is 0.385. The topological polar surface area (TPSA) is 76.4 Å². The first-order valence-electron chi connectivity index (χ1n) is 8.30. The molecule has 0 atom stereocenters. The monoisotopic (exact) mass is 308 g/mol. The molecule has 22 heavy (non-hydrogen) atoms. The van der Waals surface area contributed by atoms with Gasteiger partial charge < -0.3 is 19.9 Å². The number of aryl methyl sites for hydroxylation is 1. The van der Waals surface area contributed by atoms with Gasteiger partial charge in [0.05, 0.1) is 0 Å². The van der Waals surface area contributed by atoms with Crippen LogP contribution in [0, 0.1) is 5.92 Å². The van der Waals surface area contributed by atoms with E-state index in [1.54, 1.807) is 6.33 Å². The Morgan fingerprint density at radius 3 is 3.00 bits per heavy atom. The Labute approximate surface area is 132 Å². The van der Waals surface area contributed by atoms with Crippen molar-refractivity contribution in [1.82, 2.24) is 25.4 Å². The molecule has 1 aliphatic carbocycles. The van der Waals surface area contributed by atoms with Crippen molar-refractivity contribution in [2.24, 2.45) is 10.9 Å². The number of hydrogen-bond donors (Lipinski definition) is 2. The maximum atomic E-state index is 5.63. The van der Waals surface area contributed by atoms with Crippen LogP contribution in [0.1, 0.15) is 38.9 Å². The van der Waals surface area contributed by atoms with Crippen LogP contribution in [0.2, 0.25) is 0 Å². The van der Waals surface area contributed by atoms with Gasteiger partial charge in [-0.3, -0.25) is 0 Å². The molecule has 1 fully saturated rings. The Kier molecular flexibility index (Phi) is 7.15. The van der Waals surface area contributed by atoms with E-state index in [-0.39, 0.29) is 0 Å². The summed E-state index contributed by atoms with van der Waals surface area (Å²) in [6.07, 6.45) is 5.42. The Bertz CT molecular complexity index is 455. The first-order valence-corrected chi connectivity index (χ1v) is 8.30. The highest BCUT2D eigenvalue weighted by Gasteiger charge is 2.20. The van der Waals surface area contributed by atoms with Crippen molar-refractivity contribution in [3.05, 3.63) is 12.2 Å². The van der Waals surface area contributed by atoms with Gasteiger partial charge in [-0.2, -0.15) is 0 Å². The van der Waals surface area contributed by atoms with E-state index >= 15 is 0 Å². The number of ether oxygens (including phenoxy) is 1. The van der Waals surface area contributed by atoms with Crippen LogP contribution in [0.3, 0.4) is 0 Å². The van der Waals surface area contributed by atoms with Crippen LogP contribution in [0.4, 0.5) is 0 Å². The van der Waals surface area contributed by atoms with Crippen molar-refractivity contribution >= 4 is 5.96 Å². The summed E-state index contributed by atoms with van der Waals surface area (Å²) >= 11 is 0. The Morgan fingerprint density at radius 1 is 1.41 bits per heavy atom. The number of nitrogens with zero attached hydrogens (tertiary/aromatic N) is 4. The molecule has 2 rings (SSSR count). The van der Waals surface area contributed by atoms with Gasteiger partial charge in [0.1, 0.15) is 12.9 Å². The van der Waals surface area contributed by atoms with Gasteiger partial charge in [-0.05, 0) is 39.0 Å². The minimum Gasteiger partial charge on any atom is -0.381 e. The lowest BCUT2D eigenvalue weighted by Gasteiger charge is -2.11. The summed E-state index contributed by atoms with van der Waals surface area (Å²) in [6.45, 7) is 8.96. The zero-order valence-corrected chi connectivity index (χ0v) is 13.7. The van der Waals surface area contributed by atoms with Gasteiger partial charge in [0.2, 0.25) is 0 Å².